The van der Waals surface area contributed by atoms with Crippen LogP contribution >= 0.6 is 0 Å². The van der Waals surface area contributed by atoms with Crippen molar-refractivity contribution in [3.8, 4) is 0 Å². The highest BCUT2D eigenvalue weighted by molar-refractivity contribution is 6.09. The molecular formula is C16H19FO. The topological polar surface area (TPSA) is 17.1 Å². The predicted molar refractivity (Wildman–Crippen MR) is 69.6 cm³/mol. The number of ketones is 1. The van der Waals surface area contributed by atoms with Gasteiger partial charge in [-0.3, -0.25) is 4.79 Å². The second-order valence-corrected chi connectivity index (χ2v) is 6.60. The van der Waals surface area contributed by atoms with Crippen molar-refractivity contribution < 1.29 is 9.18 Å². The third kappa shape index (κ3) is 1.05. The Kier molecular flexibility index (Phi) is 2.13. The average molecular weight is 246 g/mol. The van der Waals surface area contributed by atoms with Crippen LogP contribution in [0.3, 0.4) is 0 Å². The fraction of sp³-hybridized carbons (Fsp3) is 0.562. The van der Waals surface area contributed by atoms with Crippen molar-refractivity contribution in [1.29, 1.82) is 0 Å². The molecule has 0 N–H and O–H groups in total. The smallest absolute Gasteiger partial charge is 0.201 e. The Labute approximate surface area is 107 Å². The first-order valence-corrected chi connectivity index (χ1v) is 6.68. The first kappa shape index (κ1) is 11.9. The van der Waals surface area contributed by atoms with Crippen molar-refractivity contribution in [3.05, 3.63) is 35.4 Å². The summed E-state index contributed by atoms with van der Waals surface area (Å²) in [4.78, 5) is 12.6. The number of hydrogen-bond donors (Lipinski definition) is 0. The minimum Gasteiger partial charge on any atom is -0.290 e. The van der Waals surface area contributed by atoms with Gasteiger partial charge >= 0.3 is 0 Å². The van der Waals surface area contributed by atoms with Gasteiger partial charge in [0.2, 0.25) is 5.78 Å². The molecule has 0 bridgehead atoms. The van der Waals surface area contributed by atoms with Gasteiger partial charge in [-0.25, -0.2) is 4.39 Å². The van der Waals surface area contributed by atoms with E-state index in [0.717, 1.165) is 24.8 Å². The van der Waals surface area contributed by atoms with E-state index in [1.165, 1.54) is 0 Å². The monoisotopic (exact) mass is 246 g/mol. The lowest BCUT2D eigenvalue weighted by atomic mass is 9.54. The summed E-state index contributed by atoms with van der Waals surface area (Å²) >= 11 is 0. The molecule has 1 fully saturated rings. The summed E-state index contributed by atoms with van der Waals surface area (Å²) < 4.78 is 15.8. The lowest BCUT2D eigenvalue weighted by molar-refractivity contribution is -0.0506. The maximum Gasteiger partial charge on any atom is 0.201 e. The van der Waals surface area contributed by atoms with Crippen molar-refractivity contribution in [2.24, 2.45) is 5.41 Å². The summed E-state index contributed by atoms with van der Waals surface area (Å²) in [5, 5.41) is 0. The van der Waals surface area contributed by atoms with E-state index in [4.69, 9.17) is 0 Å². The number of hydrogen-bond acceptors (Lipinski definition) is 1. The second-order valence-electron chi connectivity index (χ2n) is 6.60. The van der Waals surface area contributed by atoms with E-state index in [-0.39, 0.29) is 5.78 Å². The van der Waals surface area contributed by atoms with Gasteiger partial charge in [0.25, 0.3) is 0 Å². The molecule has 1 saturated carbocycles. The van der Waals surface area contributed by atoms with Crippen molar-refractivity contribution in [3.63, 3.8) is 0 Å². The van der Waals surface area contributed by atoms with E-state index in [1.54, 1.807) is 6.07 Å². The van der Waals surface area contributed by atoms with Crippen LogP contribution in [0.15, 0.2) is 24.3 Å². The molecule has 2 unspecified atom stereocenters. The average Bonchev–Trinajstić information content (AvgIpc) is 2.51. The van der Waals surface area contributed by atoms with Crippen LogP contribution in [0.5, 0.6) is 0 Å². The fourth-order valence-corrected chi connectivity index (χ4v) is 4.20. The molecule has 96 valence electrons. The van der Waals surface area contributed by atoms with Gasteiger partial charge in [-0.15, -0.1) is 0 Å². The van der Waals surface area contributed by atoms with Gasteiger partial charge in [-0.2, -0.15) is 0 Å². The van der Waals surface area contributed by atoms with Crippen LogP contribution in [0, 0.1) is 5.41 Å². The summed E-state index contributed by atoms with van der Waals surface area (Å²) in [6.45, 7) is 5.72. The summed E-state index contributed by atoms with van der Waals surface area (Å²) in [5.41, 5.74) is -1.48. The predicted octanol–water partition coefficient (Wildman–Crippen LogP) is 4.06. The van der Waals surface area contributed by atoms with Crippen LogP contribution in [-0.2, 0) is 5.41 Å². The molecule has 1 aromatic rings. The maximum absolute atomic E-state index is 15.8. The quantitative estimate of drug-likeness (QED) is 0.674. The minimum absolute atomic E-state index is 0.301. The van der Waals surface area contributed by atoms with Crippen molar-refractivity contribution in [2.75, 3.05) is 0 Å². The zero-order valence-electron chi connectivity index (χ0n) is 11.2. The zero-order valence-corrected chi connectivity index (χ0v) is 11.2. The highest BCUT2D eigenvalue weighted by Crippen LogP contribution is 2.62. The number of benzene rings is 1. The first-order chi connectivity index (χ1) is 8.34. The maximum atomic E-state index is 15.8. The van der Waals surface area contributed by atoms with Gasteiger partial charge in [0.05, 0.1) is 0 Å². The molecule has 3 rings (SSSR count). The highest BCUT2D eigenvalue weighted by atomic mass is 19.1. The molecule has 0 aromatic heterocycles. The van der Waals surface area contributed by atoms with Crippen molar-refractivity contribution in [2.45, 2.75) is 51.1 Å². The lowest BCUT2D eigenvalue weighted by Crippen LogP contribution is -2.59. The Morgan fingerprint density at radius 1 is 1.11 bits per heavy atom. The molecule has 1 aromatic carbocycles. The molecule has 1 nitrogen and oxygen atoms in total. The van der Waals surface area contributed by atoms with Crippen LogP contribution in [0.25, 0.3) is 0 Å². The second kappa shape index (κ2) is 3.23. The molecular weight excluding hydrogens is 227 g/mol. The Bertz CT molecular complexity index is 534. The van der Waals surface area contributed by atoms with Gasteiger partial charge < -0.3 is 0 Å². The Morgan fingerprint density at radius 2 is 1.78 bits per heavy atom. The Balaban J connectivity index is 2.31. The Morgan fingerprint density at radius 3 is 2.50 bits per heavy atom. The molecule has 0 aliphatic heterocycles. The summed E-state index contributed by atoms with van der Waals surface area (Å²) in [6, 6.07) is 7.44. The van der Waals surface area contributed by atoms with E-state index >= 15 is 4.39 Å². The van der Waals surface area contributed by atoms with Crippen LogP contribution < -0.4 is 0 Å². The van der Waals surface area contributed by atoms with E-state index in [0.29, 0.717) is 5.56 Å². The third-order valence-electron chi connectivity index (χ3n) is 5.25. The Hall–Kier alpha value is -1.18. The summed E-state index contributed by atoms with van der Waals surface area (Å²) in [5.74, 6) is -0.301. The first-order valence-electron chi connectivity index (χ1n) is 6.68. The molecule has 2 atom stereocenters. The van der Waals surface area contributed by atoms with E-state index < -0.39 is 16.5 Å². The van der Waals surface area contributed by atoms with Gasteiger partial charge in [-0.1, -0.05) is 51.5 Å². The molecule has 2 aliphatic carbocycles. The SMILES string of the molecule is CC1(C)CCCC2(C)c3ccccc3C(=O)C12F. The molecule has 0 amide bonds. The van der Waals surface area contributed by atoms with Crippen LogP contribution in [0.1, 0.15) is 56.0 Å². The van der Waals surface area contributed by atoms with E-state index in [1.807, 2.05) is 39.0 Å². The molecule has 0 radical (unpaired) electrons. The zero-order chi connectivity index (χ0) is 13.2. The standard InChI is InChI=1S/C16H19FO/c1-14(2)9-6-10-15(3)12-8-5-4-7-11(12)13(18)16(14,15)17/h4-5,7-8H,6,9-10H2,1-3H3. The van der Waals surface area contributed by atoms with Gasteiger partial charge in [0, 0.05) is 16.4 Å². The van der Waals surface area contributed by atoms with Gasteiger partial charge in [0.1, 0.15) is 0 Å². The van der Waals surface area contributed by atoms with Gasteiger partial charge in [-0.05, 0) is 18.4 Å². The van der Waals surface area contributed by atoms with Gasteiger partial charge in [0.15, 0.2) is 5.67 Å². The third-order valence-corrected chi connectivity index (χ3v) is 5.25. The molecule has 18 heavy (non-hydrogen) atoms. The van der Waals surface area contributed by atoms with Crippen LogP contribution in [0.4, 0.5) is 4.39 Å². The van der Waals surface area contributed by atoms with Crippen molar-refractivity contribution in [1.82, 2.24) is 0 Å². The van der Waals surface area contributed by atoms with Crippen molar-refractivity contribution >= 4 is 5.78 Å². The summed E-state index contributed by atoms with van der Waals surface area (Å²) in [7, 11) is 0. The number of halogens is 1. The molecule has 0 heterocycles. The normalized spacial score (nSPS) is 37.2. The minimum atomic E-state index is -1.75. The van der Waals surface area contributed by atoms with Crippen LogP contribution in [0.2, 0.25) is 0 Å². The van der Waals surface area contributed by atoms with E-state index in [9.17, 15) is 4.79 Å². The number of Topliss-reactive ketones (excluding diaryl/α,β-unsaturated/α-hetero) is 1. The number of carbonyl (C=O) groups excluding carboxylic acids is 1. The number of alkyl halides is 1. The largest absolute Gasteiger partial charge is 0.290 e. The summed E-state index contributed by atoms with van der Waals surface area (Å²) in [6.07, 6.45) is 2.52. The number of fused-ring (bicyclic) bond motifs is 3. The molecule has 0 saturated heterocycles. The highest BCUT2D eigenvalue weighted by Gasteiger charge is 2.69. The molecule has 2 aliphatic rings. The fourth-order valence-electron chi connectivity index (χ4n) is 4.20. The number of carbonyl (C=O) groups is 1. The molecule has 0 spiro atoms. The lowest BCUT2D eigenvalue weighted by Gasteiger charge is -2.51. The number of rotatable bonds is 0. The van der Waals surface area contributed by atoms with Crippen LogP contribution in [-0.4, -0.2) is 11.5 Å². The molecule has 2 heteroatoms. The van der Waals surface area contributed by atoms with E-state index in [2.05, 4.69) is 0 Å².